The van der Waals surface area contributed by atoms with Gasteiger partial charge < -0.3 is 0 Å². The molecule has 0 aromatic carbocycles. The van der Waals surface area contributed by atoms with Gasteiger partial charge in [-0.2, -0.15) is 0 Å². The average molecular weight is 213 g/mol. The van der Waals surface area contributed by atoms with Gasteiger partial charge in [0.1, 0.15) is 0 Å². The zero-order valence-corrected chi connectivity index (χ0v) is 9.84. The molecule has 2 atom stereocenters. The molecule has 0 bridgehead atoms. The van der Waals surface area contributed by atoms with E-state index in [1.165, 1.54) is 4.88 Å². The fourth-order valence-electron chi connectivity index (χ4n) is 1.42. The monoisotopic (exact) mass is 213 g/mol. The van der Waals surface area contributed by atoms with E-state index in [9.17, 15) is 0 Å². The predicted octanol–water partition coefficient (Wildman–Crippen LogP) is 1.81. The minimum Gasteiger partial charge on any atom is -0.271 e. The molecular formula is C10H19N3S. The van der Waals surface area contributed by atoms with Gasteiger partial charge in [0.25, 0.3) is 0 Å². The van der Waals surface area contributed by atoms with E-state index < -0.39 is 0 Å². The summed E-state index contributed by atoms with van der Waals surface area (Å²) in [4.78, 5) is 5.36. The lowest BCUT2D eigenvalue weighted by Crippen LogP contribution is -2.43. The van der Waals surface area contributed by atoms with Crippen LogP contribution in [-0.2, 0) is 6.42 Å². The molecule has 1 aromatic rings. The first-order chi connectivity index (χ1) is 6.65. The molecule has 80 valence electrons. The number of nitrogens with zero attached hydrogens (tertiary/aromatic N) is 1. The van der Waals surface area contributed by atoms with Gasteiger partial charge in [-0.15, -0.1) is 11.3 Å². The van der Waals surface area contributed by atoms with Crippen LogP contribution in [0.1, 0.15) is 25.6 Å². The lowest BCUT2D eigenvalue weighted by molar-refractivity contribution is 0.300. The SMILES string of the molecule is CC(C)C(C)C(Cc1cncs1)NN. The molecule has 0 spiro atoms. The first kappa shape index (κ1) is 11.6. The molecule has 1 rings (SSSR count). The number of hydrogen-bond acceptors (Lipinski definition) is 4. The topological polar surface area (TPSA) is 50.9 Å². The maximum atomic E-state index is 5.56. The molecule has 2 unspecified atom stereocenters. The quantitative estimate of drug-likeness (QED) is 0.579. The zero-order chi connectivity index (χ0) is 10.6. The highest BCUT2D eigenvalue weighted by atomic mass is 32.1. The van der Waals surface area contributed by atoms with Crippen molar-refractivity contribution >= 4 is 11.3 Å². The van der Waals surface area contributed by atoms with E-state index in [1.807, 2.05) is 11.7 Å². The summed E-state index contributed by atoms with van der Waals surface area (Å²) in [6.07, 6.45) is 2.89. The molecule has 0 aliphatic carbocycles. The smallest absolute Gasteiger partial charge is 0.0794 e. The fourth-order valence-corrected chi connectivity index (χ4v) is 2.08. The van der Waals surface area contributed by atoms with Crippen molar-refractivity contribution < 1.29 is 0 Å². The molecule has 0 amide bonds. The summed E-state index contributed by atoms with van der Waals surface area (Å²) in [6.45, 7) is 6.68. The van der Waals surface area contributed by atoms with Crippen LogP contribution in [0.2, 0.25) is 0 Å². The predicted molar refractivity (Wildman–Crippen MR) is 60.9 cm³/mol. The van der Waals surface area contributed by atoms with Crippen LogP contribution in [0, 0.1) is 11.8 Å². The summed E-state index contributed by atoms with van der Waals surface area (Å²) >= 11 is 1.69. The largest absolute Gasteiger partial charge is 0.271 e. The first-order valence-electron chi connectivity index (χ1n) is 4.98. The van der Waals surface area contributed by atoms with E-state index in [0.29, 0.717) is 17.9 Å². The average Bonchev–Trinajstić information content (AvgIpc) is 2.65. The normalized spacial score (nSPS) is 15.8. The van der Waals surface area contributed by atoms with Gasteiger partial charge in [-0.05, 0) is 11.8 Å². The Morgan fingerprint density at radius 3 is 2.64 bits per heavy atom. The van der Waals surface area contributed by atoms with E-state index >= 15 is 0 Å². The third-order valence-corrected chi connectivity index (χ3v) is 3.61. The van der Waals surface area contributed by atoms with Gasteiger partial charge in [0.15, 0.2) is 0 Å². The number of hydrogen-bond donors (Lipinski definition) is 2. The summed E-state index contributed by atoms with van der Waals surface area (Å²) in [5, 5.41) is 0. The molecule has 0 saturated carbocycles. The number of rotatable bonds is 5. The number of thiazole rings is 1. The van der Waals surface area contributed by atoms with Crippen LogP contribution in [0.25, 0.3) is 0 Å². The number of hydrazine groups is 1. The Bertz CT molecular complexity index is 246. The lowest BCUT2D eigenvalue weighted by atomic mass is 9.89. The number of nitrogens with one attached hydrogen (secondary N) is 1. The Hall–Kier alpha value is -0.450. The van der Waals surface area contributed by atoms with Crippen LogP contribution in [0.3, 0.4) is 0 Å². The lowest BCUT2D eigenvalue weighted by Gasteiger charge is -2.25. The van der Waals surface area contributed by atoms with Crippen LogP contribution >= 0.6 is 11.3 Å². The van der Waals surface area contributed by atoms with Gasteiger partial charge in [-0.3, -0.25) is 16.3 Å². The van der Waals surface area contributed by atoms with Crippen molar-refractivity contribution in [3.8, 4) is 0 Å². The summed E-state index contributed by atoms with van der Waals surface area (Å²) in [5.74, 6) is 6.78. The van der Waals surface area contributed by atoms with Gasteiger partial charge >= 0.3 is 0 Å². The Labute approximate surface area is 89.7 Å². The fraction of sp³-hybridized carbons (Fsp3) is 0.700. The summed E-state index contributed by atoms with van der Waals surface area (Å²) < 4.78 is 0. The highest BCUT2D eigenvalue weighted by Gasteiger charge is 2.19. The molecule has 4 heteroatoms. The van der Waals surface area contributed by atoms with Crippen LogP contribution in [-0.4, -0.2) is 11.0 Å². The Balaban J connectivity index is 2.55. The molecular weight excluding hydrogens is 194 g/mol. The van der Waals surface area contributed by atoms with Crippen molar-refractivity contribution in [3.63, 3.8) is 0 Å². The van der Waals surface area contributed by atoms with Crippen LogP contribution in [0.15, 0.2) is 11.7 Å². The molecule has 0 fully saturated rings. The van der Waals surface area contributed by atoms with E-state index in [-0.39, 0.29) is 0 Å². The van der Waals surface area contributed by atoms with Crippen LogP contribution < -0.4 is 11.3 Å². The van der Waals surface area contributed by atoms with Gasteiger partial charge in [0, 0.05) is 23.5 Å². The summed E-state index contributed by atoms with van der Waals surface area (Å²) in [6, 6.07) is 0.343. The summed E-state index contributed by atoms with van der Waals surface area (Å²) in [7, 11) is 0. The molecule has 1 aromatic heterocycles. The third-order valence-electron chi connectivity index (χ3n) is 2.80. The van der Waals surface area contributed by atoms with Crippen molar-refractivity contribution in [3.05, 3.63) is 16.6 Å². The van der Waals surface area contributed by atoms with Crippen LogP contribution in [0.5, 0.6) is 0 Å². The minimum atomic E-state index is 0.343. The molecule has 1 heterocycles. The second-order valence-electron chi connectivity index (χ2n) is 4.05. The second kappa shape index (κ2) is 5.44. The Kier molecular flexibility index (Phi) is 4.51. The molecule has 14 heavy (non-hydrogen) atoms. The van der Waals surface area contributed by atoms with Gasteiger partial charge in [0.05, 0.1) is 5.51 Å². The molecule has 0 saturated heterocycles. The van der Waals surface area contributed by atoms with Crippen molar-refractivity contribution in [2.45, 2.75) is 33.2 Å². The molecule has 3 N–H and O–H groups in total. The van der Waals surface area contributed by atoms with E-state index in [2.05, 4.69) is 31.2 Å². The van der Waals surface area contributed by atoms with Gasteiger partial charge in [-0.25, -0.2) is 0 Å². The highest BCUT2D eigenvalue weighted by Crippen LogP contribution is 2.19. The maximum absolute atomic E-state index is 5.56. The third kappa shape index (κ3) is 3.04. The highest BCUT2D eigenvalue weighted by molar-refractivity contribution is 7.09. The van der Waals surface area contributed by atoms with E-state index in [1.54, 1.807) is 11.3 Å². The van der Waals surface area contributed by atoms with Crippen molar-refractivity contribution in [1.82, 2.24) is 10.4 Å². The Morgan fingerprint density at radius 2 is 2.21 bits per heavy atom. The van der Waals surface area contributed by atoms with E-state index in [0.717, 1.165) is 6.42 Å². The van der Waals surface area contributed by atoms with Crippen molar-refractivity contribution in [2.24, 2.45) is 17.7 Å². The molecule has 0 aliphatic heterocycles. The van der Waals surface area contributed by atoms with Crippen molar-refractivity contribution in [2.75, 3.05) is 0 Å². The molecule has 3 nitrogen and oxygen atoms in total. The minimum absolute atomic E-state index is 0.343. The zero-order valence-electron chi connectivity index (χ0n) is 9.03. The summed E-state index contributed by atoms with van der Waals surface area (Å²) in [5.41, 5.74) is 4.76. The molecule has 0 aliphatic rings. The van der Waals surface area contributed by atoms with Gasteiger partial charge in [-0.1, -0.05) is 20.8 Å². The molecule has 0 radical (unpaired) electrons. The number of nitrogens with two attached hydrogens (primary N) is 1. The first-order valence-corrected chi connectivity index (χ1v) is 5.86. The standard InChI is InChI=1S/C10H19N3S/c1-7(2)8(3)10(13-11)4-9-5-12-6-14-9/h5-8,10,13H,4,11H2,1-3H3. The van der Waals surface area contributed by atoms with Crippen LogP contribution in [0.4, 0.5) is 0 Å². The number of aromatic nitrogens is 1. The second-order valence-corrected chi connectivity index (χ2v) is 5.02. The Morgan fingerprint density at radius 1 is 1.50 bits per heavy atom. The maximum Gasteiger partial charge on any atom is 0.0794 e. The van der Waals surface area contributed by atoms with E-state index in [4.69, 9.17) is 5.84 Å². The van der Waals surface area contributed by atoms with Gasteiger partial charge in [0.2, 0.25) is 0 Å². The van der Waals surface area contributed by atoms with Crippen molar-refractivity contribution in [1.29, 1.82) is 0 Å².